The Kier molecular flexibility index (Phi) is 3.29. The van der Waals surface area contributed by atoms with Crippen LogP contribution in [0, 0.1) is 12.8 Å². The molecule has 4 heteroatoms. The molecular weight excluding hydrogens is 204 g/mol. The molecule has 4 nitrogen and oxygen atoms in total. The SMILES string of the molecule is CCc1nnc(C)cc1C(=O)C1CCOC1. The fraction of sp³-hybridized carbons (Fsp3) is 0.583. The molecule has 0 aromatic carbocycles. The monoisotopic (exact) mass is 220 g/mol. The molecule has 0 aliphatic carbocycles. The van der Waals surface area contributed by atoms with E-state index in [2.05, 4.69) is 10.2 Å². The second-order valence-electron chi connectivity index (χ2n) is 4.12. The van der Waals surface area contributed by atoms with E-state index in [9.17, 15) is 4.79 Å². The van der Waals surface area contributed by atoms with E-state index in [0.717, 1.165) is 29.8 Å². The molecule has 16 heavy (non-hydrogen) atoms. The van der Waals surface area contributed by atoms with Gasteiger partial charge in [0.2, 0.25) is 0 Å². The quantitative estimate of drug-likeness (QED) is 0.725. The van der Waals surface area contributed by atoms with Crippen LogP contribution in [0.25, 0.3) is 0 Å². The number of aromatic nitrogens is 2. The number of Topliss-reactive ketones (excluding diaryl/α,β-unsaturated/α-hetero) is 1. The van der Waals surface area contributed by atoms with Gasteiger partial charge in [0.25, 0.3) is 0 Å². The van der Waals surface area contributed by atoms with Gasteiger partial charge in [0.15, 0.2) is 5.78 Å². The van der Waals surface area contributed by atoms with Crippen LogP contribution in [0.4, 0.5) is 0 Å². The second-order valence-corrected chi connectivity index (χ2v) is 4.12. The Morgan fingerprint density at radius 3 is 3.00 bits per heavy atom. The van der Waals surface area contributed by atoms with Gasteiger partial charge in [-0.3, -0.25) is 4.79 Å². The number of carbonyl (C=O) groups excluding carboxylic acids is 1. The van der Waals surface area contributed by atoms with Gasteiger partial charge < -0.3 is 4.74 Å². The summed E-state index contributed by atoms with van der Waals surface area (Å²) in [5.74, 6) is 0.168. The Morgan fingerprint density at radius 2 is 2.38 bits per heavy atom. The second kappa shape index (κ2) is 4.70. The molecule has 1 aliphatic rings. The molecule has 2 rings (SSSR count). The molecule has 0 radical (unpaired) electrons. The van der Waals surface area contributed by atoms with Crippen molar-refractivity contribution >= 4 is 5.78 Å². The van der Waals surface area contributed by atoms with E-state index in [1.54, 1.807) is 0 Å². The summed E-state index contributed by atoms with van der Waals surface area (Å²) in [4.78, 5) is 12.2. The van der Waals surface area contributed by atoms with Gasteiger partial charge in [-0.05, 0) is 25.8 Å². The lowest BCUT2D eigenvalue weighted by Gasteiger charge is -2.09. The number of ether oxygens (including phenoxy) is 1. The molecule has 2 heterocycles. The zero-order valence-electron chi connectivity index (χ0n) is 9.69. The first kappa shape index (κ1) is 11.2. The molecule has 1 atom stereocenters. The van der Waals surface area contributed by atoms with E-state index in [0.29, 0.717) is 13.2 Å². The average Bonchev–Trinajstić information content (AvgIpc) is 2.81. The van der Waals surface area contributed by atoms with Crippen molar-refractivity contribution in [1.82, 2.24) is 10.2 Å². The first-order chi connectivity index (χ1) is 7.72. The van der Waals surface area contributed by atoms with Gasteiger partial charge >= 0.3 is 0 Å². The van der Waals surface area contributed by atoms with Crippen molar-refractivity contribution in [2.75, 3.05) is 13.2 Å². The molecule has 1 aromatic rings. The topological polar surface area (TPSA) is 52.1 Å². The summed E-state index contributed by atoms with van der Waals surface area (Å²) >= 11 is 0. The van der Waals surface area contributed by atoms with Gasteiger partial charge in [0.1, 0.15) is 0 Å². The first-order valence-electron chi connectivity index (χ1n) is 5.67. The molecule has 1 unspecified atom stereocenters. The summed E-state index contributed by atoms with van der Waals surface area (Å²) in [5, 5.41) is 8.06. The molecule has 86 valence electrons. The highest BCUT2D eigenvalue weighted by molar-refractivity contribution is 5.99. The van der Waals surface area contributed by atoms with Crippen LogP contribution >= 0.6 is 0 Å². The van der Waals surface area contributed by atoms with Crippen LogP contribution in [0.15, 0.2) is 6.07 Å². The van der Waals surface area contributed by atoms with Crippen LogP contribution < -0.4 is 0 Å². The summed E-state index contributed by atoms with van der Waals surface area (Å²) in [6, 6.07) is 1.84. The lowest BCUT2D eigenvalue weighted by atomic mass is 9.95. The van der Waals surface area contributed by atoms with Crippen molar-refractivity contribution < 1.29 is 9.53 Å². The normalized spacial score (nSPS) is 20.0. The lowest BCUT2D eigenvalue weighted by Crippen LogP contribution is -2.18. The molecule has 0 saturated carbocycles. The molecule has 1 fully saturated rings. The summed E-state index contributed by atoms with van der Waals surface area (Å²) < 4.78 is 5.25. The van der Waals surface area contributed by atoms with Crippen molar-refractivity contribution in [2.24, 2.45) is 5.92 Å². The van der Waals surface area contributed by atoms with E-state index in [4.69, 9.17) is 4.74 Å². The summed E-state index contributed by atoms with van der Waals surface area (Å²) in [6.45, 7) is 5.08. The molecule has 0 spiro atoms. The van der Waals surface area contributed by atoms with Crippen LogP contribution in [0.3, 0.4) is 0 Å². The van der Waals surface area contributed by atoms with Gasteiger partial charge in [0, 0.05) is 18.1 Å². The van der Waals surface area contributed by atoms with Crippen LogP contribution in [0.5, 0.6) is 0 Å². The van der Waals surface area contributed by atoms with Gasteiger partial charge in [-0.15, -0.1) is 0 Å². The van der Waals surface area contributed by atoms with Crippen LogP contribution in [-0.4, -0.2) is 29.2 Å². The number of aryl methyl sites for hydroxylation is 2. The Labute approximate surface area is 95.0 Å². The summed E-state index contributed by atoms with van der Waals surface area (Å²) in [6.07, 6.45) is 1.56. The van der Waals surface area contributed by atoms with Crippen LogP contribution in [0.1, 0.15) is 35.1 Å². The fourth-order valence-electron chi connectivity index (χ4n) is 1.95. The number of nitrogens with zero attached hydrogens (tertiary/aromatic N) is 2. The Morgan fingerprint density at radius 1 is 1.56 bits per heavy atom. The highest BCUT2D eigenvalue weighted by atomic mass is 16.5. The van der Waals surface area contributed by atoms with Gasteiger partial charge in [0.05, 0.1) is 18.0 Å². The zero-order valence-corrected chi connectivity index (χ0v) is 9.69. The largest absolute Gasteiger partial charge is 0.381 e. The Bertz CT molecular complexity index is 398. The summed E-state index contributed by atoms with van der Waals surface area (Å²) in [7, 11) is 0. The predicted octanol–water partition coefficient (Wildman–Crippen LogP) is 1.57. The number of hydrogen-bond acceptors (Lipinski definition) is 4. The number of ketones is 1. The standard InChI is InChI=1S/C12H16N2O2/c1-3-11-10(6-8(2)13-14-11)12(15)9-4-5-16-7-9/h6,9H,3-5,7H2,1-2H3. The smallest absolute Gasteiger partial charge is 0.170 e. The van der Waals surface area contributed by atoms with Gasteiger partial charge in [-0.2, -0.15) is 10.2 Å². The van der Waals surface area contributed by atoms with Gasteiger partial charge in [-0.25, -0.2) is 0 Å². The first-order valence-corrected chi connectivity index (χ1v) is 5.67. The molecule has 1 saturated heterocycles. The molecule has 1 aromatic heterocycles. The fourth-order valence-corrected chi connectivity index (χ4v) is 1.95. The minimum Gasteiger partial charge on any atom is -0.381 e. The van der Waals surface area contributed by atoms with Crippen LogP contribution in [-0.2, 0) is 11.2 Å². The molecular formula is C12H16N2O2. The molecule has 0 N–H and O–H groups in total. The van der Waals surface area contributed by atoms with E-state index in [1.165, 1.54) is 0 Å². The zero-order chi connectivity index (χ0) is 11.5. The van der Waals surface area contributed by atoms with E-state index < -0.39 is 0 Å². The van der Waals surface area contributed by atoms with Crippen LogP contribution in [0.2, 0.25) is 0 Å². The van der Waals surface area contributed by atoms with Crippen molar-refractivity contribution in [3.8, 4) is 0 Å². The lowest BCUT2D eigenvalue weighted by molar-refractivity contribution is 0.0898. The maximum Gasteiger partial charge on any atom is 0.170 e. The maximum atomic E-state index is 12.2. The predicted molar refractivity (Wildman–Crippen MR) is 59.4 cm³/mol. The average molecular weight is 220 g/mol. The van der Waals surface area contributed by atoms with Crippen molar-refractivity contribution in [3.63, 3.8) is 0 Å². The maximum absolute atomic E-state index is 12.2. The van der Waals surface area contributed by atoms with Gasteiger partial charge in [-0.1, -0.05) is 6.92 Å². The number of rotatable bonds is 3. The van der Waals surface area contributed by atoms with E-state index in [1.807, 2.05) is 19.9 Å². The van der Waals surface area contributed by atoms with Crippen molar-refractivity contribution in [2.45, 2.75) is 26.7 Å². The molecule has 1 aliphatic heterocycles. The molecule has 0 bridgehead atoms. The highest BCUT2D eigenvalue weighted by Gasteiger charge is 2.26. The van der Waals surface area contributed by atoms with Crippen molar-refractivity contribution in [1.29, 1.82) is 0 Å². The van der Waals surface area contributed by atoms with E-state index >= 15 is 0 Å². The molecule has 0 amide bonds. The minimum absolute atomic E-state index is 0.00824. The summed E-state index contributed by atoms with van der Waals surface area (Å²) in [5.41, 5.74) is 2.31. The minimum atomic E-state index is 0.00824. The third-order valence-corrected chi connectivity index (χ3v) is 2.89. The highest BCUT2D eigenvalue weighted by Crippen LogP contribution is 2.20. The Balaban J connectivity index is 2.30. The number of hydrogen-bond donors (Lipinski definition) is 0. The third kappa shape index (κ3) is 2.11. The van der Waals surface area contributed by atoms with Crippen molar-refractivity contribution in [3.05, 3.63) is 23.0 Å². The van der Waals surface area contributed by atoms with E-state index in [-0.39, 0.29) is 11.7 Å². The Hall–Kier alpha value is -1.29. The number of carbonyl (C=O) groups is 1. The third-order valence-electron chi connectivity index (χ3n) is 2.89.